The summed E-state index contributed by atoms with van der Waals surface area (Å²) in [6.07, 6.45) is 6.57. The molecule has 17 heavy (non-hydrogen) atoms. The first-order chi connectivity index (χ1) is 8.19. The number of carbonyl (C=O) groups excluding carboxylic acids is 1. The molecule has 0 aliphatic carbocycles. The van der Waals surface area contributed by atoms with Crippen LogP contribution in [0, 0.1) is 4.91 Å². The van der Waals surface area contributed by atoms with Gasteiger partial charge in [-0.05, 0) is 23.7 Å². The molecule has 1 heterocycles. The molecule has 0 saturated carbocycles. The van der Waals surface area contributed by atoms with Crippen molar-refractivity contribution in [1.82, 2.24) is 10.2 Å². The predicted octanol–water partition coefficient (Wildman–Crippen LogP) is 0.478. The van der Waals surface area contributed by atoms with E-state index in [0.29, 0.717) is 24.2 Å². The number of nitrogens with zero attached hydrogens (tertiary/aromatic N) is 2. The lowest BCUT2D eigenvalue weighted by atomic mass is 10.1. The number of allylic oxidation sites excluding steroid dienone is 1. The highest BCUT2D eigenvalue weighted by Gasteiger charge is 2.12. The summed E-state index contributed by atoms with van der Waals surface area (Å²) >= 11 is 0. The number of likely N-dealkylation sites (N-methyl/N-ethyl adjacent to an activating group) is 1. The number of rotatable bonds is 5. The van der Waals surface area contributed by atoms with Crippen LogP contribution < -0.4 is 5.32 Å². The molecular weight excluding hydrogens is 222 g/mol. The Morgan fingerprint density at radius 3 is 2.94 bits per heavy atom. The number of aliphatic hydroxyl groups is 1. The largest absolute Gasteiger partial charge is 0.396 e. The van der Waals surface area contributed by atoms with Gasteiger partial charge in [0.25, 0.3) is 5.91 Å². The topological polar surface area (TPSA) is 82.0 Å². The minimum atomic E-state index is -0.209. The molecule has 0 atom stereocenters. The van der Waals surface area contributed by atoms with Gasteiger partial charge in [-0.2, -0.15) is 0 Å². The van der Waals surface area contributed by atoms with Crippen LogP contribution in [0.25, 0.3) is 0 Å². The summed E-state index contributed by atoms with van der Waals surface area (Å²) in [5, 5.41) is 13.9. The van der Waals surface area contributed by atoms with Crippen molar-refractivity contribution in [2.45, 2.75) is 6.42 Å². The summed E-state index contributed by atoms with van der Waals surface area (Å²) in [4.78, 5) is 23.4. The maximum absolute atomic E-state index is 11.6. The number of hydrogen-bond acceptors (Lipinski definition) is 5. The molecule has 0 aromatic carbocycles. The number of nitroso groups, excluding NO2 is 1. The Labute approximate surface area is 99.3 Å². The molecule has 0 fully saturated rings. The SMILES string of the molecule is CN1C=C(C(=O)NCCCO)C=C/C1=C/N=O. The number of aliphatic hydroxyl groups excluding tert-OH is 1. The molecule has 0 aromatic heterocycles. The molecule has 0 unspecified atom stereocenters. The Morgan fingerprint density at radius 1 is 1.59 bits per heavy atom. The van der Waals surface area contributed by atoms with Crippen molar-refractivity contribution < 1.29 is 9.90 Å². The highest BCUT2D eigenvalue weighted by atomic mass is 16.3. The first-order valence-corrected chi connectivity index (χ1v) is 5.23. The average Bonchev–Trinajstić information content (AvgIpc) is 2.32. The maximum atomic E-state index is 11.6. The van der Waals surface area contributed by atoms with Gasteiger partial charge >= 0.3 is 0 Å². The summed E-state index contributed by atoms with van der Waals surface area (Å²) in [5.41, 5.74) is 1.11. The van der Waals surface area contributed by atoms with Crippen molar-refractivity contribution in [2.75, 3.05) is 20.2 Å². The van der Waals surface area contributed by atoms with Crippen LogP contribution in [-0.2, 0) is 4.79 Å². The zero-order chi connectivity index (χ0) is 12.7. The Balaban J connectivity index is 2.60. The molecule has 1 amide bonds. The first-order valence-electron chi connectivity index (χ1n) is 5.23. The van der Waals surface area contributed by atoms with E-state index in [1.54, 1.807) is 30.3 Å². The highest BCUT2D eigenvalue weighted by molar-refractivity contribution is 5.96. The van der Waals surface area contributed by atoms with E-state index in [-0.39, 0.29) is 12.5 Å². The minimum Gasteiger partial charge on any atom is -0.396 e. The van der Waals surface area contributed by atoms with Crippen LogP contribution in [0.15, 0.2) is 41.0 Å². The van der Waals surface area contributed by atoms with Crippen LogP contribution in [-0.4, -0.2) is 36.1 Å². The monoisotopic (exact) mass is 237 g/mol. The molecule has 6 nitrogen and oxygen atoms in total. The van der Waals surface area contributed by atoms with Crippen LogP contribution in [0.1, 0.15) is 6.42 Å². The molecule has 92 valence electrons. The van der Waals surface area contributed by atoms with E-state index in [9.17, 15) is 9.70 Å². The quantitative estimate of drug-likeness (QED) is 0.538. The third-order valence-electron chi connectivity index (χ3n) is 2.24. The summed E-state index contributed by atoms with van der Waals surface area (Å²) in [6, 6.07) is 0. The lowest BCUT2D eigenvalue weighted by Gasteiger charge is -2.19. The van der Waals surface area contributed by atoms with Gasteiger partial charge in [-0.1, -0.05) is 0 Å². The fourth-order valence-corrected chi connectivity index (χ4v) is 1.32. The zero-order valence-electron chi connectivity index (χ0n) is 9.59. The molecule has 0 aromatic rings. The van der Waals surface area contributed by atoms with Gasteiger partial charge in [0.05, 0.1) is 17.5 Å². The van der Waals surface area contributed by atoms with Crippen molar-refractivity contribution in [2.24, 2.45) is 5.18 Å². The molecule has 1 rings (SSSR count). The number of carbonyl (C=O) groups is 1. The third-order valence-corrected chi connectivity index (χ3v) is 2.24. The second-order valence-corrected chi connectivity index (χ2v) is 3.52. The summed E-state index contributed by atoms with van der Waals surface area (Å²) in [6.45, 7) is 0.482. The van der Waals surface area contributed by atoms with Gasteiger partial charge < -0.3 is 15.3 Å². The Kier molecular flexibility index (Phi) is 5.09. The van der Waals surface area contributed by atoms with E-state index in [1.807, 2.05) is 0 Å². The maximum Gasteiger partial charge on any atom is 0.252 e. The van der Waals surface area contributed by atoms with E-state index < -0.39 is 0 Å². The summed E-state index contributed by atoms with van der Waals surface area (Å²) in [5.74, 6) is -0.209. The molecular formula is C11H15N3O3. The van der Waals surface area contributed by atoms with E-state index in [4.69, 9.17) is 5.11 Å². The molecule has 2 N–H and O–H groups in total. The third kappa shape index (κ3) is 3.84. The van der Waals surface area contributed by atoms with Gasteiger partial charge in [0, 0.05) is 26.4 Å². The normalized spacial score (nSPS) is 16.9. The second-order valence-electron chi connectivity index (χ2n) is 3.52. The smallest absolute Gasteiger partial charge is 0.252 e. The lowest BCUT2D eigenvalue weighted by Crippen LogP contribution is -2.28. The fraction of sp³-hybridized carbons (Fsp3) is 0.364. The van der Waals surface area contributed by atoms with Crippen molar-refractivity contribution in [3.05, 3.63) is 40.7 Å². The molecule has 6 heteroatoms. The van der Waals surface area contributed by atoms with Crippen LogP contribution >= 0.6 is 0 Å². The van der Waals surface area contributed by atoms with Crippen LogP contribution in [0.3, 0.4) is 0 Å². The average molecular weight is 237 g/mol. The molecule has 0 saturated heterocycles. The predicted molar refractivity (Wildman–Crippen MR) is 63.6 cm³/mol. The second kappa shape index (κ2) is 6.59. The molecule has 1 aliphatic heterocycles. The van der Waals surface area contributed by atoms with Crippen molar-refractivity contribution in [1.29, 1.82) is 0 Å². The van der Waals surface area contributed by atoms with Gasteiger partial charge in [0.15, 0.2) is 0 Å². The lowest BCUT2D eigenvalue weighted by molar-refractivity contribution is -0.117. The van der Waals surface area contributed by atoms with E-state index in [2.05, 4.69) is 10.5 Å². The van der Waals surface area contributed by atoms with Gasteiger partial charge in [0.1, 0.15) is 0 Å². The summed E-state index contributed by atoms with van der Waals surface area (Å²) in [7, 11) is 1.72. The Morgan fingerprint density at radius 2 is 2.35 bits per heavy atom. The number of hydrogen-bond donors (Lipinski definition) is 2. The first kappa shape index (κ1) is 13.1. The van der Waals surface area contributed by atoms with Gasteiger partial charge in [-0.3, -0.25) is 4.79 Å². The van der Waals surface area contributed by atoms with E-state index in [1.165, 1.54) is 6.20 Å². The summed E-state index contributed by atoms with van der Waals surface area (Å²) < 4.78 is 0. The van der Waals surface area contributed by atoms with Gasteiger partial charge in [0.2, 0.25) is 0 Å². The Hall–Kier alpha value is -1.95. The zero-order valence-corrected chi connectivity index (χ0v) is 9.59. The van der Waals surface area contributed by atoms with Crippen LogP contribution in [0.4, 0.5) is 0 Å². The molecule has 1 aliphatic rings. The van der Waals surface area contributed by atoms with Crippen LogP contribution in [0.2, 0.25) is 0 Å². The van der Waals surface area contributed by atoms with E-state index >= 15 is 0 Å². The van der Waals surface area contributed by atoms with Crippen molar-refractivity contribution in [3.8, 4) is 0 Å². The van der Waals surface area contributed by atoms with E-state index in [0.717, 1.165) is 0 Å². The molecule has 0 radical (unpaired) electrons. The Bertz CT molecular complexity index is 385. The number of amides is 1. The standard InChI is InChI=1S/C11H15N3O3/c1-14-8-9(3-4-10(14)7-13-17)11(16)12-5-2-6-15/h3-4,7-8,15H,2,5-6H2,1H3,(H,12,16)/b10-7-. The highest BCUT2D eigenvalue weighted by Crippen LogP contribution is 2.14. The van der Waals surface area contributed by atoms with Gasteiger partial charge in [-0.25, -0.2) is 0 Å². The number of nitrogens with one attached hydrogen (secondary N) is 1. The van der Waals surface area contributed by atoms with Crippen molar-refractivity contribution in [3.63, 3.8) is 0 Å². The molecule has 0 spiro atoms. The van der Waals surface area contributed by atoms with Gasteiger partial charge in [-0.15, -0.1) is 4.91 Å². The minimum absolute atomic E-state index is 0.0486. The van der Waals surface area contributed by atoms with Crippen molar-refractivity contribution >= 4 is 5.91 Å². The van der Waals surface area contributed by atoms with Crippen LogP contribution in [0.5, 0.6) is 0 Å². The molecule has 0 bridgehead atoms. The fourth-order valence-electron chi connectivity index (χ4n) is 1.32.